The summed E-state index contributed by atoms with van der Waals surface area (Å²) in [6.45, 7) is 0. The van der Waals surface area contributed by atoms with Crippen LogP contribution >= 0.6 is 15.9 Å². The number of Topliss-reactive ketones (excluding diaryl/α,β-unsaturated/α-hetero) is 1. The first-order valence-electron chi connectivity index (χ1n) is 6.78. The average molecular weight is 351 g/mol. The molecule has 1 nitrogen and oxygen atoms in total. The fourth-order valence-electron chi connectivity index (χ4n) is 2.84. The summed E-state index contributed by atoms with van der Waals surface area (Å²) in [5, 5.41) is 0. The molecular formula is C17H13BrF2O. The molecule has 0 fully saturated rings. The smallest absolute Gasteiger partial charge is 0.143 e. The third kappa shape index (κ3) is 2.77. The predicted octanol–water partition coefficient (Wildman–Crippen LogP) is 4.25. The van der Waals surface area contributed by atoms with E-state index in [1.54, 1.807) is 0 Å². The molecule has 2 aromatic carbocycles. The number of rotatable bonds is 3. The summed E-state index contributed by atoms with van der Waals surface area (Å²) >= 11 is 3.02. The van der Waals surface area contributed by atoms with Crippen molar-refractivity contribution >= 4 is 21.7 Å². The minimum Gasteiger partial charge on any atom is -0.299 e. The normalized spacial score (nSPS) is 14.2. The molecule has 0 aliphatic heterocycles. The highest BCUT2D eigenvalue weighted by molar-refractivity contribution is 9.10. The minimum atomic E-state index is -0.682. The second-order valence-corrected chi connectivity index (χ2v) is 6.19. The van der Waals surface area contributed by atoms with Crippen LogP contribution in [0.25, 0.3) is 0 Å². The fourth-order valence-corrected chi connectivity index (χ4v) is 3.21. The van der Waals surface area contributed by atoms with E-state index >= 15 is 0 Å². The van der Waals surface area contributed by atoms with Crippen molar-refractivity contribution in [3.05, 3.63) is 69.2 Å². The number of carbonyl (C=O) groups is 1. The van der Waals surface area contributed by atoms with Crippen LogP contribution in [0.2, 0.25) is 0 Å². The van der Waals surface area contributed by atoms with Gasteiger partial charge in [0, 0.05) is 17.9 Å². The van der Waals surface area contributed by atoms with E-state index in [1.807, 2.05) is 24.3 Å². The lowest BCUT2D eigenvalue weighted by Crippen LogP contribution is -2.18. The lowest BCUT2D eigenvalue weighted by molar-refractivity contribution is -0.122. The van der Waals surface area contributed by atoms with Crippen LogP contribution in [-0.4, -0.2) is 5.78 Å². The standard InChI is InChI=1S/C17H13BrF2O/c18-14-5-6-15(19)13(17(14)20)9-16(21)12-7-10-3-1-2-4-11(10)8-12/h1-6,12H,7-9H2. The summed E-state index contributed by atoms with van der Waals surface area (Å²) in [4.78, 5) is 12.4. The van der Waals surface area contributed by atoms with E-state index in [2.05, 4.69) is 15.9 Å². The van der Waals surface area contributed by atoms with Gasteiger partial charge in [0.15, 0.2) is 0 Å². The summed E-state index contributed by atoms with van der Waals surface area (Å²) in [6.07, 6.45) is 1.12. The zero-order valence-electron chi connectivity index (χ0n) is 11.2. The Bertz CT molecular complexity index is 687. The van der Waals surface area contributed by atoms with E-state index in [9.17, 15) is 13.6 Å². The van der Waals surface area contributed by atoms with Gasteiger partial charge < -0.3 is 0 Å². The Hall–Kier alpha value is -1.55. The Labute approximate surface area is 130 Å². The quantitative estimate of drug-likeness (QED) is 0.756. The van der Waals surface area contributed by atoms with E-state index in [1.165, 1.54) is 12.1 Å². The van der Waals surface area contributed by atoms with Crippen LogP contribution in [0.4, 0.5) is 8.78 Å². The molecule has 0 radical (unpaired) electrons. The summed E-state index contributed by atoms with van der Waals surface area (Å²) in [5.74, 6) is -1.64. The SMILES string of the molecule is O=C(Cc1c(F)ccc(Br)c1F)C1Cc2ccccc2C1. The predicted molar refractivity (Wildman–Crippen MR) is 80.1 cm³/mol. The van der Waals surface area contributed by atoms with Crippen molar-refractivity contribution in [2.24, 2.45) is 5.92 Å². The van der Waals surface area contributed by atoms with Gasteiger partial charge in [0.1, 0.15) is 17.4 Å². The van der Waals surface area contributed by atoms with Crippen LogP contribution in [0.1, 0.15) is 16.7 Å². The molecule has 0 bridgehead atoms. The Balaban J connectivity index is 1.79. The summed E-state index contributed by atoms with van der Waals surface area (Å²) in [5.41, 5.74) is 2.17. The molecule has 1 aliphatic carbocycles. The molecule has 0 amide bonds. The van der Waals surface area contributed by atoms with Crippen molar-refractivity contribution in [2.45, 2.75) is 19.3 Å². The fraction of sp³-hybridized carbons (Fsp3) is 0.235. The molecular weight excluding hydrogens is 338 g/mol. The first kappa shape index (κ1) is 14.4. The number of ketones is 1. The molecule has 3 rings (SSSR count). The summed E-state index contributed by atoms with van der Waals surface area (Å²) in [6, 6.07) is 10.4. The molecule has 0 unspecified atom stereocenters. The van der Waals surface area contributed by atoms with E-state index in [0.29, 0.717) is 12.8 Å². The highest BCUT2D eigenvalue weighted by atomic mass is 79.9. The number of halogens is 3. The second kappa shape index (κ2) is 5.68. The van der Waals surface area contributed by atoms with Gasteiger partial charge >= 0.3 is 0 Å². The Morgan fingerprint density at radius 2 is 1.71 bits per heavy atom. The maximum absolute atomic E-state index is 13.9. The number of benzene rings is 2. The van der Waals surface area contributed by atoms with Crippen molar-refractivity contribution in [1.29, 1.82) is 0 Å². The molecule has 21 heavy (non-hydrogen) atoms. The van der Waals surface area contributed by atoms with Crippen LogP contribution in [0, 0.1) is 17.6 Å². The maximum Gasteiger partial charge on any atom is 0.143 e. The molecule has 0 saturated heterocycles. The average Bonchev–Trinajstić information content (AvgIpc) is 2.91. The van der Waals surface area contributed by atoms with Crippen molar-refractivity contribution in [3.8, 4) is 0 Å². The molecule has 0 heterocycles. The van der Waals surface area contributed by atoms with Gasteiger partial charge in [0.05, 0.1) is 4.47 Å². The van der Waals surface area contributed by atoms with Gasteiger partial charge in [-0.05, 0) is 52.0 Å². The van der Waals surface area contributed by atoms with Gasteiger partial charge in [-0.1, -0.05) is 24.3 Å². The Morgan fingerprint density at radius 1 is 1.10 bits per heavy atom. The zero-order chi connectivity index (χ0) is 15.0. The van der Waals surface area contributed by atoms with Gasteiger partial charge in [-0.3, -0.25) is 4.79 Å². The molecule has 0 spiro atoms. The van der Waals surface area contributed by atoms with Gasteiger partial charge in [0.2, 0.25) is 0 Å². The van der Waals surface area contributed by atoms with Crippen LogP contribution in [-0.2, 0) is 24.1 Å². The van der Waals surface area contributed by atoms with Gasteiger partial charge in [-0.2, -0.15) is 0 Å². The first-order chi connectivity index (χ1) is 10.1. The van der Waals surface area contributed by atoms with E-state index in [0.717, 1.165) is 11.1 Å². The third-order valence-electron chi connectivity index (χ3n) is 4.00. The molecule has 0 aromatic heterocycles. The van der Waals surface area contributed by atoms with Crippen LogP contribution in [0.5, 0.6) is 0 Å². The Kier molecular flexibility index (Phi) is 3.89. The monoisotopic (exact) mass is 350 g/mol. The van der Waals surface area contributed by atoms with Crippen LogP contribution < -0.4 is 0 Å². The van der Waals surface area contributed by atoms with Crippen LogP contribution in [0.3, 0.4) is 0 Å². The van der Waals surface area contributed by atoms with Crippen molar-refractivity contribution < 1.29 is 13.6 Å². The number of hydrogen-bond acceptors (Lipinski definition) is 1. The van der Waals surface area contributed by atoms with E-state index in [4.69, 9.17) is 0 Å². The molecule has 108 valence electrons. The largest absolute Gasteiger partial charge is 0.299 e. The zero-order valence-corrected chi connectivity index (χ0v) is 12.8. The third-order valence-corrected chi connectivity index (χ3v) is 4.61. The highest BCUT2D eigenvalue weighted by Crippen LogP contribution is 2.29. The molecule has 0 saturated carbocycles. The minimum absolute atomic E-state index is 0.109. The summed E-state index contributed by atoms with van der Waals surface area (Å²) < 4.78 is 27.8. The molecule has 0 N–H and O–H groups in total. The maximum atomic E-state index is 13.9. The summed E-state index contributed by atoms with van der Waals surface area (Å²) in [7, 11) is 0. The van der Waals surface area contributed by atoms with Gasteiger partial charge in [-0.25, -0.2) is 8.78 Å². The highest BCUT2D eigenvalue weighted by Gasteiger charge is 2.28. The van der Waals surface area contributed by atoms with E-state index < -0.39 is 11.6 Å². The van der Waals surface area contributed by atoms with E-state index in [-0.39, 0.29) is 28.2 Å². The molecule has 2 aromatic rings. The lowest BCUT2D eigenvalue weighted by Gasteiger charge is -2.10. The van der Waals surface area contributed by atoms with Crippen LogP contribution in [0.15, 0.2) is 40.9 Å². The number of hydrogen-bond donors (Lipinski definition) is 0. The molecule has 0 atom stereocenters. The van der Waals surface area contributed by atoms with Crippen molar-refractivity contribution in [3.63, 3.8) is 0 Å². The van der Waals surface area contributed by atoms with Gasteiger partial charge in [-0.15, -0.1) is 0 Å². The molecule has 4 heteroatoms. The second-order valence-electron chi connectivity index (χ2n) is 5.34. The van der Waals surface area contributed by atoms with Crippen molar-refractivity contribution in [2.75, 3.05) is 0 Å². The van der Waals surface area contributed by atoms with Gasteiger partial charge in [0.25, 0.3) is 0 Å². The number of carbonyl (C=O) groups excluding carboxylic acids is 1. The first-order valence-corrected chi connectivity index (χ1v) is 7.57. The topological polar surface area (TPSA) is 17.1 Å². The number of fused-ring (bicyclic) bond motifs is 1. The van der Waals surface area contributed by atoms with Crippen molar-refractivity contribution in [1.82, 2.24) is 0 Å². The lowest BCUT2D eigenvalue weighted by atomic mass is 9.95. The Morgan fingerprint density at radius 3 is 2.33 bits per heavy atom. The molecule has 1 aliphatic rings.